The fraction of sp³-hybridized carbons (Fsp3) is 0.462. The number of ether oxygens (including phenoxy) is 1. The number of alkyl halides is 2. The Morgan fingerprint density at radius 1 is 1.02 bits per heavy atom. The molecule has 0 aliphatic heterocycles. The number of pyridine rings is 1. The number of sulfonamides is 1. The van der Waals surface area contributed by atoms with Crippen molar-refractivity contribution in [2.75, 3.05) is 4.72 Å². The summed E-state index contributed by atoms with van der Waals surface area (Å²) in [6.07, 6.45) is -2.33. The minimum Gasteiger partial charge on any atom is -0.444 e. The van der Waals surface area contributed by atoms with E-state index >= 15 is 0 Å². The molecule has 306 valence electrons. The number of amides is 1. The average molecular weight is 852 g/mol. The SMILES string of the molecule is CC(C)(C)OC(=O)N[C@@H](Cc1cc(F)cc(F)c1)c1nc(C#CC(C)(C)S(=O)(=O)C2CC2)ccc1-c1ccc(Cl)c2c(NS(=O)(=O)C3(C)CC3)nn(CC(F)F)c12. The van der Waals surface area contributed by atoms with E-state index in [0.717, 1.165) is 16.8 Å². The van der Waals surface area contributed by atoms with Crippen LogP contribution in [0.1, 0.15) is 90.2 Å². The van der Waals surface area contributed by atoms with Gasteiger partial charge in [0, 0.05) is 17.2 Å². The van der Waals surface area contributed by atoms with Crippen molar-refractivity contribution in [2.45, 2.75) is 113 Å². The highest BCUT2D eigenvalue weighted by atomic mass is 35.5. The highest BCUT2D eigenvalue weighted by molar-refractivity contribution is 7.94. The summed E-state index contributed by atoms with van der Waals surface area (Å²) in [5.41, 5.74) is -0.466. The summed E-state index contributed by atoms with van der Waals surface area (Å²) >= 11 is 6.67. The van der Waals surface area contributed by atoms with Crippen LogP contribution in [0.2, 0.25) is 5.02 Å². The molecule has 0 unspecified atom stereocenters. The zero-order chi connectivity index (χ0) is 41.9. The number of sulfone groups is 1. The summed E-state index contributed by atoms with van der Waals surface area (Å²) in [7, 11) is -7.67. The first kappa shape index (κ1) is 42.2. The quantitative estimate of drug-likeness (QED) is 0.107. The van der Waals surface area contributed by atoms with Crippen LogP contribution in [0.15, 0.2) is 42.5 Å². The minimum absolute atomic E-state index is 0.00666. The lowest BCUT2D eigenvalue weighted by Gasteiger charge is -2.25. The van der Waals surface area contributed by atoms with E-state index in [1.165, 1.54) is 38.1 Å². The predicted octanol–water partition coefficient (Wildman–Crippen LogP) is 8.11. The Morgan fingerprint density at radius 2 is 1.65 bits per heavy atom. The van der Waals surface area contributed by atoms with E-state index in [9.17, 15) is 39.2 Å². The standard InChI is InChI=1S/C39H42ClF4N5O6S2/c1-37(2,3)55-36(50)46-30(19-22-17-23(41)20-24(42)18-22)33-27(10-7-25(45-33)13-14-38(4,5)56(51,52)26-8-9-26)28-11-12-29(40)32-34(28)49(21-31(43)44)47-35(32)48-57(53,54)39(6)15-16-39/h7,10-12,17-18,20,26,30-31H,8-9,15-16,19,21H2,1-6H3,(H,46,50)(H,47,48)/t30-/m0/s1. The van der Waals surface area contributed by atoms with Crippen LogP contribution in [-0.2, 0) is 37.6 Å². The van der Waals surface area contributed by atoms with Gasteiger partial charge in [-0.1, -0.05) is 23.6 Å². The molecular formula is C39H42ClF4N5O6S2. The van der Waals surface area contributed by atoms with Gasteiger partial charge in [-0.05, 0) is 115 Å². The smallest absolute Gasteiger partial charge is 0.408 e. The topological polar surface area (TPSA) is 149 Å². The number of nitrogens with zero attached hydrogens (tertiary/aromatic N) is 3. The second-order valence-electron chi connectivity index (χ2n) is 16.1. The van der Waals surface area contributed by atoms with Gasteiger partial charge in [-0.2, -0.15) is 5.10 Å². The number of hydrogen-bond acceptors (Lipinski definition) is 8. The fourth-order valence-corrected chi connectivity index (χ4v) is 9.59. The van der Waals surface area contributed by atoms with Crippen LogP contribution in [0.5, 0.6) is 0 Å². The Kier molecular flexibility index (Phi) is 11.2. The number of halogens is 5. The number of rotatable bonds is 12. The first-order valence-corrected chi connectivity index (χ1v) is 21.5. The van der Waals surface area contributed by atoms with Gasteiger partial charge >= 0.3 is 6.09 Å². The van der Waals surface area contributed by atoms with Gasteiger partial charge in [0.2, 0.25) is 10.0 Å². The molecule has 0 spiro atoms. The molecule has 4 aromatic rings. The van der Waals surface area contributed by atoms with E-state index in [0.29, 0.717) is 31.7 Å². The normalized spacial score (nSPS) is 16.2. The van der Waals surface area contributed by atoms with Crippen LogP contribution in [0.25, 0.3) is 22.0 Å². The van der Waals surface area contributed by atoms with Crippen molar-refractivity contribution in [3.05, 3.63) is 76.1 Å². The highest BCUT2D eigenvalue weighted by Gasteiger charge is 2.51. The largest absolute Gasteiger partial charge is 0.444 e. The third-order valence-electron chi connectivity index (χ3n) is 9.75. The van der Waals surface area contributed by atoms with E-state index in [4.69, 9.17) is 21.3 Å². The van der Waals surface area contributed by atoms with Gasteiger partial charge in [0.05, 0.1) is 37.7 Å². The molecule has 11 nitrogen and oxygen atoms in total. The maximum atomic E-state index is 14.5. The Balaban J connectivity index is 1.60. The van der Waals surface area contributed by atoms with Gasteiger partial charge in [0.25, 0.3) is 6.43 Å². The molecule has 2 heterocycles. The van der Waals surface area contributed by atoms with Gasteiger partial charge in [-0.25, -0.2) is 44.2 Å². The molecule has 0 saturated heterocycles. The van der Waals surface area contributed by atoms with Crippen molar-refractivity contribution in [3.63, 3.8) is 0 Å². The molecule has 2 fully saturated rings. The molecule has 2 aliphatic carbocycles. The van der Waals surface area contributed by atoms with Crippen molar-refractivity contribution in [1.82, 2.24) is 20.1 Å². The molecule has 2 aromatic heterocycles. The third kappa shape index (κ3) is 9.18. The van der Waals surface area contributed by atoms with Crippen LogP contribution in [0.3, 0.4) is 0 Å². The van der Waals surface area contributed by atoms with E-state index < -0.39 is 76.9 Å². The first-order chi connectivity index (χ1) is 26.4. The zero-order valence-electron chi connectivity index (χ0n) is 32.0. The maximum Gasteiger partial charge on any atom is 0.408 e. The van der Waals surface area contributed by atoms with Crippen molar-refractivity contribution in [3.8, 4) is 23.0 Å². The number of nitrogens with one attached hydrogen (secondary N) is 2. The van der Waals surface area contributed by atoms with Crippen molar-refractivity contribution < 1.29 is 43.9 Å². The summed E-state index contributed by atoms with van der Waals surface area (Å²) in [6.45, 7) is 8.44. The molecule has 0 bridgehead atoms. The van der Waals surface area contributed by atoms with E-state index in [1.54, 1.807) is 27.7 Å². The molecule has 2 aromatic carbocycles. The summed E-state index contributed by atoms with van der Waals surface area (Å²) < 4.78 is 117. The number of aromatic nitrogens is 3. The Labute approximate surface area is 333 Å². The summed E-state index contributed by atoms with van der Waals surface area (Å²) in [4.78, 5) is 18.2. The van der Waals surface area contributed by atoms with Crippen LogP contribution in [-0.4, -0.2) is 64.5 Å². The monoisotopic (exact) mass is 851 g/mol. The molecular weight excluding hydrogens is 810 g/mol. The first-order valence-electron chi connectivity index (χ1n) is 18.1. The van der Waals surface area contributed by atoms with Crippen LogP contribution >= 0.6 is 11.6 Å². The molecule has 18 heteroatoms. The third-order valence-corrected chi connectivity index (χ3v) is 15.1. The fourth-order valence-electron chi connectivity index (χ4n) is 6.28. The molecule has 2 saturated carbocycles. The summed E-state index contributed by atoms with van der Waals surface area (Å²) in [5, 5.41) is 6.48. The Bertz CT molecular complexity index is 2520. The number of anilines is 1. The number of fused-ring (bicyclic) bond motifs is 1. The molecule has 1 atom stereocenters. The predicted molar refractivity (Wildman–Crippen MR) is 209 cm³/mol. The molecule has 2 N–H and O–H groups in total. The number of carbonyl (C=O) groups excluding carboxylic acids is 1. The lowest BCUT2D eigenvalue weighted by atomic mass is 9.93. The molecule has 6 rings (SSSR count). The summed E-state index contributed by atoms with van der Waals surface area (Å²) in [5.74, 6) is 3.59. The number of carbonyl (C=O) groups is 1. The summed E-state index contributed by atoms with van der Waals surface area (Å²) in [6, 6.07) is 7.46. The highest BCUT2D eigenvalue weighted by Crippen LogP contribution is 2.46. The zero-order valence-corrected chi connectivity index (χ0v) is 34.4. The van der Waals surface area contributed by atoms with E-state index in [1.807, 2.05) is 0 Å². The van der Waals surface area contributed by atoms with Gasteiger partial charge in [-0.3, -0.25) is 9.40 Å². The van der Waals surface area contributed by atoms with E-state index in [2.05, 4.69) is 27.0 Å². The number of alkyl carbamates (subject to hydrolysis) is 1. The minimum atomic E-state index is -4.03. The van der Waals surface area contributed by atoms with Crippen molar-refractivity contribution >= 4 is 54.3 Å². The molecule has 57 heavy (non-hydrogen) atoms. The van der Waals surface area contributed by atoms with Crippen LogP contribution in [0, 0.1) is 23.5 Å². The molecule has 0 radical (unpaired) electrons. The van der Waals surface area contributed by atoms with Crippen molar-refractivity contribution in [2.24, 2.45) is 0 Å². The second kappa shape index (κ2) is 15.1. The van der Waals surface area contributed by atoms with Gasteiger partial charge in [-0.15, -0.1) is 0 Å². The maximum absolute atomic E-state index is 14.5. The van der Waals surface area contributed by atoms with E-state index in [-0.39, 0.29) is 56.2 Å². The second-order valence-corrected chi connectivity index (χ2v) is 21.5. The number of hydrogen-bond donors (Lipinski definition) is 2. The van der Waals surface area contributed by atoms with Crippen molar-refractivity contribution in [1.29, 1.82) is 0 Å². The Morgan fingerprint density at radius 3 is 2.23 bits per heavy atom. The Hall–Kier alpha value is -4.40. The lowest BCUT2D eigenvalue weighted by molar-refractivity contribution is 0.0502. The van der Waals surface area contributed by atoms with Crippen LogP contribution < -0.4 is 10.0 Å². The average Bonchev–Trinajstić information content (AvgIpc) is 4.02. The van der Waals surface area contributed by atoms with Crippen LogP contribution in [0.4, 0.5) is 28.2 Å². The molecule has 1 amide bonds. The molecule has 2 aliphatic rings. The van der Waals surface area contributed by atoms with Gasteiger partial charge < -0.3 is 10.1 Å². The number of benzene rings is 2. The van der Waals surface area contributed by atoms with Gasteiger partial charge in [0.15, 0.2) is 15.7 Å². The lowest BCUT2D eigenvalue weighted by Crippen LogP contribution is -2.36. The van der Waals surface area contributed by atoms with Gasteiger partial charge in [0.1, 0.15) is 34.2 Å².